The van der Waals surface area contributed by atoms with Crippen molar-refractivity contribution >= 4 is 17.7 Å². The number of Topliss-reactive ketones (excluding diaryl/α,β-unsaturated/α-hetero) is 1. The zero-order valence-corrected chi connectivity index (χ0v) is 18.7. The fraction of sp³-hybridized carbons (Fsp3) is 0.435. The van der Waals surface area contributed by atoms with E-state index in [2.05, 4.69) is 0 Å². The first kappa shape index (κ1) is 23.2. The first-order valence-corrected chi connectivity index (χ1v) is 9.92. The molecule has 1 aromatic carbocycles. The van der Waals surface area contributed by atoms with Crippen LogP contribution >= 0.6 is 0 Å². The van der Waals surface area contributed by atoms with Crippen LogP contribution in [0, 0.1) is 13.8 Å². The van der Waals surface area contributed by atoms with Gasteiger partial charge in [0.1, 0.15) is 11.4 Å². The lowest BCUT2D eigenvalue weighted by Crippen LogP contribution is -2.44. The van der Waals surface area contributed by atoms with Gasteiger partial charge in [0.15, 0.2) is 5.78 Å². The molecule has 30 heavy (non-hydrogen) atoms. The lowest BCUT2D eigenvalue weighted by atomic mass is 9.99. The van der Waals surface area contributed by atoms with E-state index in [0.29, 0.717) is 46.8 Å². The number of ether oxygens (including phenoxy) is 2. The number of aromatic nitrogens is 1. The van der Waals surface area contributed by atoms with Crippen LogP contribution in [-0.4, -0.2) is 53.9 Å². The Labute approximate surface area is 177 Å². The summed E-state index contributed by atoms with van der Waals surface area (Å²) in [5.41, 5.74) is 2.51. The number of esters is 1. The quantitative estimate of drug-likeness (QED) is 0.488. The molecule has 0 aliphatic rings. The summed E-state index contributed by atoms with van der Waals surface area (Å²) < 4.78 is 11.7. The van der Waals surface area contributed by atoms with Crippen molar-refractivity contribution in [2.24, 2.45) is 7.05 Å². The maximum atomic E-state index is 13.4. The van der Waals surface area contributed by atoms with Crippen LogP contribution in [0.1, 0.15) is 62.7 Å². The lowest BCUT2D eigenvalue weighted by molar-refractivity contribution is 0.0588. The van der Waals surface area contributed by atoms with Gasteiger partial charge in [-0.3, -0.25) is 9.59 Å². The van der Waals surface area contributed by atoms with Gasteiger partial charge >= 0.3 is 5.97 Å². The van der Waals surface area contributed by atoms with E-state index in [9.17, 15) is 14.4 Å². The van der Waals surface area contributed by atoms with Crippen LogP contribution in [0.25, 0.3) is 0 Å². The molecule has 0 bridgehead atoms. The van der Waals surface area contributed by atoms with Gasteiger partial charge in [-0.25, -0.2) is 4.79 Å². The first-order valence-electron chi connectivity index (χ1n) is 9.92. The van der Waals surface area contributed by atoms with Crippen LogP contribution in [0.4, 0.5) is 0 Å². The summed E-state index contributed by atoms with van der Waals surface area (Å²) in [6.07, 6.45) is 0.708. The Hall–Kier alpha value is -3.09. The van der Waals surface area contributed by atoms with Gasteiger partial charge in [-0.1, -0.05) is 6.92 Å². The van der Waals surface area contributed by atoms with Crippen molar-refractivity contribution < 1.29 is 23.9 Å². The van der Waals surface area contributed by atoms with Crippen molar-refractivity contribution in [1.29, 1.82) is 0 Å². The Balaban J connectivity index is 2.42. The van der Waals surface area contributed by atoms with E-state index in [0.717, 1.165) is 0 Å². The second kappa shape index (κ2) is 9.61. The van der Waals surface area contributed by atoms with Crippen molar-refractivity contribution in [1.82, 2.24) is 9.47 Å². The number of amides is 1. The van der Waals surface area contributed by atoms with E-state index >= 15 is 0 Å². The highest BCUT2D eigenvalue weighted by Gasteiger charge is 2.32. The van der Waals surface area contributed by atoms with E-state index in [4.69, 9.17) is 9.47 Å². The third kappa shape index (κ3) is 4.25. The topological polar surface area (TPSA) is 77.8 Å². The van der Waals surface area contributed by atoms with Crippen LogP contribution in [0.5, 0.6) is 5.75 Å². The molecule has 2 aromatic rings. The van der Waals surface area contributed by atoms with Crippen LogP contribution in [0.3, 0.4) is 0 Å². The summed E-state index contributed by atoms with van der Waals surface area (Å²) in [5, 5.41) is 0. The second-order valence-electron chi connectivity index (χ2n) is 7.25. The van der Waals surface area contributed by atoms with Crippen LogP contribution < -0.4 is 4.74 Å². The average Bonchev–Trinajstić information content (AvgIpc) is 2.98. The van der Waals surface area contributed by atoms with Crippen molar-refractivity contribution in [3.63, 3.8) is 0 Å². The summed E-state index contributed by atoms with van der Waals surface area (Å²) in [7, 11) is 4.60. The summed E-state index contributed by atoms with van der Waals surface area (Å²) in [6.45, 7) is 7.64. The third-order valence-electron chi connectivity index (χ3n) is 5.46. The molecule has 0 unspecified atom stereocenters. The van der Waals surface area contributed by atoms with E-state index in [1.54, 1.807) is 68.7 Å². The van der Waals surface area contributed by atoms with Gasteiger partial charge in [0, 0.05) is 30.4 Å². The molecule has 0 saturated heterocycles. The van der Waals surface area contributed by atoms with Gasteiger partial charge < -0.3 is 18.9 Å². The highest BCUT2D eigenvalue weighted by molar-refractivity contribution is 6.07. The molecule has 1 aromatic heterocycles. The zero-order chi connectivity index (χ0) is 22.6. The maximum absolute atomic E-state index is 13.4. The monoisotopic (exact) mass is 414 g/mol. The molecular weight excluding hydrogens is 384 g/mol. The lowest BCUT2D eigenvalue weighted by Gasteiger charge is -2.28. The number of benzene rings is 1. The summed E-state index contributed by atoms with van der Waals surface area (Å²) >= 11 is 0. The molecule has 0 spiro atoms. The minimum Gasteiger partial charge on any atom is -0.497 e. The Bertz CT molecular complexity index is 943. The molecule has 0 aliphatic heterocycles. The molecule has 2 rings (SSSR count). The first-order chi connectivity index (χ1) is 14.2. The molecular formula is C23H30N2O5. The molecule has 1 atom stereocenters. The van der Waals surface area contributed by atoms with E-state index < -0.39 is 12.0 Å². The van der Waals surface area contributed by atoms with Crippen molar-refractivity contribution in [3.05, 3.63) is 52.3 Å². The molecule has 7 heteroatoms. The fourth-order valence-corrected chi connectivity index (χ4v) is 3.69. The number of hydrogen-bond donors (Lipinski definition) is 0. The van der Waals surface area contributed by atoms with Gasteiger partial charge in [-0.15, -0.1) is 0 Å². The van der Waals surface area contributed by atoms with Crippen LogP contribution in [-0.2, 0) is 11.8 Å². The molecule has 162 valence electrons. The number of hydrogen-bond acceptors (Lipinski definition) is 5. The Morgan fingerprint density at radius 2 is 1.70 bits per heavy atom. The summed E-state index contributed by atoms with van der Waals surface area (Å²) in [6, 6.07) is 6.13. The van der Waals surface area contributed by atoms with Crippen molar-refractivity contribution in [2.75, 3.05) is 20.8 Å². The fourth-order valence-electron chi connectivity index (χ4n) is 3.69. The van der Waals surface area contributed by atoms with Crippen molar-refractivity contribution in [3.8, 4) is 5.75 Å². The average molecular weight is 415 g/mol. The number of carbonyl (C=O) groups is 3. The molecule has 0 fully saturated rings. The Morgan fingerprint density at radius 3 is 2.20 bits per heavy atom. The van der Waals surface area contributed by atoms with E-state index in [-0.39, 0.29) is 11.7 Å². The van der Waals surface area contributed by atoms with Gasteiger partial charge in [-0.2, -0.15) is 0 Å². The summed E-state index contributed by atoms with van der Waals surface area (Å²) in [4.78, 5) is 40.3. The van der Waals surface area contributed by atoms with Crippen LogP contribution in [0.2, 0.25) is 0 Å². The molecule has 0 N–H and O–H groups in total. The number of carbonyl (C=O) groups excluding carboxylic acids is 3. The number of nitrogens with zero attached hydrogens (tertiary/aromatic N) is 2. The van der Waals surface area contributed by atoms with Gasteiger partial charge in [0.25, 0.3) is 5.91 Å². The molecule has 0 saturated carbocycles. The minimum atomic E-state index is -0.690. The standard InChI is InChI=1S/C23H30N2O5/c1-8-13-25(22(27)17-9-11-18(29-6)12-10-17)16(4)21(26)19-14(2)20(23(28)30-7)24(5)15(19)3/h9-12,16H,8,13H2,1-7H3/t16-/m1/s1. The zero-order valence-electron chi connectivity index (χ0n) is 18.7. The number of ketones is 1. The van der Waals surface area contributed by atoms with E-state index in [1.807, 2.05) is 6.92 Å². The minimum absolute atomic E-state index is 0.203. The van der Waals surface area contributed by atoms with Crippen LogP contribution in [0.15, 0.2) is 24.3 Å². The van der Waals surface area contributed by atoms with Gasteiger partial charge in [-0.05, 0) is 57.0 Å². The Kier molecular flexibility index (Phi) is 7.43. The molecule has 7 nitrogen and oxygen atoms in total. The van der Waals surface area contributed by atoms with E-state index in [1.165, 1.54) is 7.11 Å². The molecule has 1 amide bonds. The smallest absolute Gasteiger partial charge is 0.354 e. The highest BCUT2D eigenvalue weighted by Crippen LogP contribution is 2.25. The molecule has 0 radical (unpaired) electrons. The third-order valence-corrected chi connectivity index (χ3v) is 5.46. The molecule has 1 heterocycles. The van der Waals surface area contributed by atoms with Gasteiger partial charge in [0.2, 0.25) is 0 Å². The predicted octanol–water partition coefficient (Wildman–Crippen LogP) is 3.56. The maximum Gasteiger partial charge on any atom is 0.354 e. The summed E-state index contributed by atoms with van der Waals surface area (Å²) in [5.74, 6) is -0.265. The second-order valence-corrected chi connectivity index (χ2v) is 7.25. The van der Waals surface area contributed by atoms with Crippen molar-refractivity contribution in [2.45, 2.75) is 40.2 Å². The number of methoxy groups -OCH3 is 2. The largest absolute Gasteiger partial charge is 0.497 e. The predicted molar refractivity (Wildman–Crippen MR) is 114 cm³/mol. The van der Waals surface area contributed by atoms with Gasteiger partial charge in [0.05, 0.1) is 20.3 Å². The molecule has 0 aliphatic carbocycles. The Morgan fingerprint density at radius 1 is 1.10 bits per heavy atom. The highest BCUT2D eigenvalue weighted by atomic mass is 16.5. The SMILES string of the molecule is CCCN(C(=O)c1ccc(OC)cc1)[C@H](C)C(=O)c1c(C)c(C(=O)OC)n(C)c1C. The normalized spacial score (nSPS) is 11.7. The number of rotatable bonds is 8.